The number of hydrogen-bond acceptors (Lipinski definition) is 1. The minimum Gasteiger partial charge on any atom is -0.152 e. The van der Waals surface area contributed by atoms with E-state index in [4.69, 9.17) is 0 Å². The van der Waals surface area contributed by atoms with Crippen molar-refractivity contribution in [2.24, 2.45) is 0 Å². The summed E-state index contributed by atoms with van der Waals surface area (Å²) in [6.45, 7) is 4.42. The molecular formula is C8H14S. The zero-order valence-corrected chi connectivity index (χ0v) is 6.03. The Morgan fingerprint density at radius 2 is 2.11 bits per heavy atom. The first-order chi connectivity index (χ1) is 3.80. The molecule has 0 N–H and O–H groups in total. The molecule has 9 heavy (non-hydrogen) atoms. The van der Waals surface area contributed by atoms with Gasteiger partial charge >= 0.3 is 0 Å². The highest BCUT2D eigenvalue weighted by Crippen LogP contribution is 2.16. The highest BCUT2D eigenvalue weighted by Gasteiger charge is 1.95. The Bertz CT molecular complexity index is 140. The number of hydrogen-bond donors (Lipinski definition) is 0. The van der Waals surface area contributed by atoms with E-state index in [1.54, 1.807) is 11.3 Å². The van der Waals surface area contributed by atoms with Crippen LogP contribution in [0, 0.1) is 0 Å². The zero-order chi connectivity index (χ0) is 5.98. The molecular weight excluding hydrogens is 128 g/mol. The van der Waals surface area contributed by atoms with Crippen molar-refractivity contribution in [2.75, 3.05) is 0 Å². The summed E-state index contributed by atoms with van der Waals surface area (Å²) in [5.41, 5.74) is 1.45. The van der Waals surface area contributed by atoms with Crippen molar-refractivity contribution in [3.63, 3.8) is 0 Å². The third kappa shape index (κ3) is 2.19. The second-order valence-electron chi connectivity index (χ2n) is 2.21. The van der Waals surface area contributed by atoms with Crippen LogP contribution in [-0.2, 0) is 0 Å². The Kier molecular flexibility index (Phi) is 3.55. The van der Waals surface area contributed by atoms with Gasteiger partial charge in [-0.1, -0.05) is 21.3 Å². The van der Waals surface area contributed by atoms with Gasteiger partial charge in [0.25, 0.3) is 0 Å². The first-order valence-electron chi connectivity index (χ1n) is 2.83. The van der Waals surface area contributed by atoms with E-state index < -0.39 is 0 Å². The third-order valence-corrected chi connectivity index (χ3v) is 1.91. The van der Waals surface area contributed by atoms with Crippen LogP contribution in [0.15, 0.2) is 16.8 Å². The van der Waals surface area contributed by atoms with E-state index in [0.717, 1.165) is 0 Å². The predicted molar refractivity (Wildman–Crippen MR) is 45.1 cm³/mol. The van der Waals surface area contributed by atoms with E-state index in [0.29, 0.717) is 5.92 Å². The van der Waals surface area contributed by atoms with E-state index in [1.165, 1.54) is 5.56 Å². The van der Waals surface area contributed by atoms with Crippen molar-refractivity contribution in [1.82, 2.24) is 0 Å². The monoisotopic (exact) mass is 142 g/mol. The molecule has 52 valence electrons. The van der Waals surface area contributed by atoms with Gasteiger partial charge in [-0.2, -0.15) is 11.3 Å². The van der Waals surface area contributed by atoms with Crippen molar-refractivity contribution >= 4 is 11.3 Å². The summed E-state index contributed by atoms with van der Waals surface area (Å²) >= 11 is 1.77. The maximum atomic E-state index is 2.21. The van der Waals surface area contributed by atoms with Gasteiger partial charge in [0.2, 0.25) is 0 Å². The average molecular weight is 142 g/mol. The molecule has 0 spiro atoms. The molecule has 0 bridgehead atoms. The highest BCUT2D eigenvalue weighted by atomic mass is 32.1. The van der Waals surface area contributed by atoms with E-state index in [1.807, 2.05) is 0 Å². The van der Waals surface area contributed by atoms with E-state index in [2.05, 4.69) is 30.7 Å². The minimum atomic E-state index is 0. The molecule has 1 rings (SSSR count). The van der Waals surface area contributed by atoms with Crippen LogP contribution in [-0.4, -0.2) is 0 Å². The first kappa shape index (κ1) is 8.70. The van der Waals surface area contributed by atoms with E-state index in [9.17, 15) is 0 Å². The second kappa shape index (κ2) is 3.67. The maximum Gasteiger partial charge on any atom is -0.00586 e. The van der Waals surface area contributed by atoms with Gasteiger partial charge in [0.05, 0.1) is 0 Å². The van der Waals surface area contributed by atoms with Gasteiger partial charge in [-0.15, -0.1) is 0 Å². The molecule has 1 heterocycles. The van der Waals surface area contributed by atoms with Crippen molar-refractivity contribution in [3.8, 4) is 0 Å². The smallest absolute Gasteiger partial charge is 0.00586 e. The van der Waals surface area contributed by atoms with Crippen molar-refractivity contribution in [3.05, 3.63) is 22.4 Å². The molecule has 0 aliphatic carbocycles. The molecule has 0 atom stereocenters. The lowest BCUT2D eigenvalue weighted by Crippen LogP contribution is -1.79. The molecule has 0 saturated heterocycles. The SMILES string of the molecule is C.CC(C)c1ccsc1. The van der Waals surface area contributed by atoms with Gasteiger partial charge in [-0.25, -0.2) is 0 Å². The summed E-state index contributed by atoms with van der Waals surface area (Å²) in [6.07, 6.45) is 0. The minimum absolute atomic E-state index is 0. The van der Waals surface area contributed by atoms with Gasteiger partial charge in [0.15, 0.2) is 0 Å². The Hall–Kier alpha value is -0.300. The molecule has 0 fully saturated rings. The molecule has 0 aliphatic rings. The van der Waals surface area contributed by atoms with Gasteiger partial charge in [-0.3, -0.25) is 0 Å². The molecule has 1 aromatic heterocycles. The van der Waals surface area contributed by atoms with Gasteiger partial charge in [0.1, 0.15) is 0 Å². The van der Waals surface area contributed by atoms with Gasteiger partial charge < -0.3 is 0 Å². The summed E-state index contributed by atoms with van der Waals surface area (Å²) < 4.78 is 0. The van der Waals surface area contributed by atoms with Crippen molar-refractivity contribution < 1.29 is 0 Å². The summed E-state index contributed by atoms with van der Waals surface area (Å²) in [4.78, 5) is 0. The molecule has 1 heteroatoms. The third-order valence-electron chi connectivity index (χ3n) is 1.21. The normalized spacial score (nSPS) is 9.22. The van der Waals surface area contributed by atoms with Gasteiger partial charge in [-0.05, 0) is 28.3 Å². The lowest BCUT2D eigenvalue weighted by atomic mass is 10.1. The van der Waals surface area contributed by atoms with Crippen LogP contribution in [0.5, 0.6) is 0 Å². The molecule has 0 aromatic carbocycles. The van der Waals surface area contributed by atoms with Crippen LogP contribution in [0.2, 0.25) is 0 Å². The zero-order valence-electron chi connectivity index (χ0n) is 5.22. The average Bonchev–Trinajstić information content (AvgIpc) is 2.12. The quantitative estimate of drug-likeness (QED) is 0.563. The van der Waals surface area contributed by atoms with Crippen LogP contribution in [0.4, 0.5) is 0 Å². The van der Waals surface area contributed by atoms with Crippen molar-refractivity contribution in [2.45, 2.75) is 27.2 Å². The highest BCUT2D eigenvalue weighted by molar-refractivity contribution is 7.07. The van der Waals surface area contributed by atoms with Crippen LogP contribution in [0.1, 0.15) is 32.8 Å². The molecule has 0 aliphatic heterocycles. The van der Waals surface area contributed by atoms with Crippen molar-refractivity contribution in [1.29, 1.82) is 0 Å². The topological polar surface area (TPSA) is 0 Å². The van der Waals surface area contributed by atoms with Crippen LogP contribution in [0.25, 0.3) is 0 Å². The second-order valence-corrected chi connectivity index (χ2v) is 2.99. The van der Waals surface area contributed by atoms with Crippen LogP contribution in [0.3, 0.4) is 0 Å². The predicted octanol–water partition coefficient (Wildman–Crippen LogP) is 3.51. The standard InChI is InChI=1S/C7H10S.CH4/c1-6(2)7-3-4-8-5-7;/h3-6H,1-2H3;1H4. The summed E-state index contributed by atoms with van der Waals surface area (Å²) in [5.74, 6) is 0.696. The molecule has 0 nitrogen and oxygen atoms in total. The molecule has 0 saturated carbocycles. The maximum absolute atomic E-state index is 2.21. The first-order valence-corrected chi connectivity index (χ1v) is 3.77. The fourth-order valence-electron chi connectivity index (χ4n) is 0.604. The fourth-order valence-corrected chi connectivity index (χ4v) is 1.43. The number of thiophene rings is 1. The Labute approximate surface area is 61.5 Å². The Morgan fingerprint density at radius 3 is 2.33 bits per heavy atom. The lowest BCUT2D eigenvalue weighted by molar-refractivity contribution is 0.872. The summed E-state index contributed by atoms with van der Waals surface area (Å²) in [7, 11) is 0. The fraction of sp³-hybridized carbons (Fsp3) is 0.500. The molecule has 0 amide bonds. The van der Waals surface area contributed by atoms with Crippen LogP contribution >= 0.6 is 11.3 Å². The van der Waals surface area contributed by atoms with E-state index in [-0.39, 0.29) is 7.43 Å². The molecule has 1 aromatic rings. The van der Waals surface area contributed by atoms with Gasteiger partial charge in [0, 0.05) is 0 Å². The summed E-state index contributed by atoms with van der Waals surface area (Å²) in [5, 5.41) is 4.32. The summed E-state index contributed by atoms with van der Waals surface area (Å²) in [6, 6.07) is 2.18. The number of rotatable bonds is 1. The van der Waals surface area contributed by atoms with Crippen LogP contribution < -0.4 is 0 Å². The van der Waals surface area contributed by atoms with E-state index >= 15 is 0 Å². The molecule has 0 unspecified atom stereocenters. The molecule has 0 radical (unpaired) electrons. The lowest BCUT2D eigenvalue weighted by Gasteiger charge is -1.96. The Morgan fingerprint density at radius 1 is 1.44 bits per heavy atom. The Balaban J connectivity index is 0.000000640. The largest absolute Gasteiger partial charge is 0.152 e.